The molecule has 0 aromatic carbocycles. The molecule has 4 heteroatoms. The molecule has 1 aromatic rings. The predicted molar refractivity (Wildman–Crippen MR) is 67.1 cm³/mol. The summed E-state index contributed by atoms with van der Waals surface area (Å²) in [5.41, 5.74) is 1.03. The number of nitrogens with zero attached hydrogens (tertiary/aromatic N) is 2. The Bertz CT molecular complexity index is 292. The van der Waals surface area contributed by atoms with Crippen LogP contribution in [-0.2, 0) is 0 Å². The van der Waals surface area contributed by atoms with Crippen LogP contribution in [-0.4, -0.2) is 24.0 Å². The first-order valence-electron chi connectivity index (χ1n) is 5.20. The van der Waals surface area contributed by atoms with Gasteiger partial charge in [-0.25, -0.2) is 0 Å². The summed E-state index contributed by atoms with van der Waals surface area (Å²) in [6, 6.07) is 1.94. The number of hydrogen-bond donors (Lipinski definition) is 0. The van der Waals surface area contributed by atoms with Crippen molar-refractivity contribution in [1.82, 2.24) is 4.98 Å². The quantitative estimate of drug-likeness (QED) is 0.714. The maximum absolute atomic E-state index is 6.09. The van der Waals surface area contributed by atoms with Crippen LogP contribution in [0.3, 0.4) is 0 Å². The van der Waals surface area contributed by atoms with E-state index >= 15 is 0 Å². The van der Waals surface area contributed by atoms with E-state index in [1.54, 1.807) is 12.4 Å². The predicted octanol–water partition coefficient (Wildman–Crippen LogP) is 3.58. The first kappa shape index (κ1) is 12.6. The van der Waals surface area contributed by atoms with Gasteiger partial charge in [-0.2, -0.15) is 0 Å². The highest BCUT2D eigenvalue weighted by Crippen LogP contribution is 2.24. The molecule has 0 aliphatic rings. The Balaban J connectivity index is 2.74. The molecule has 0 aliphatic carbocycles. The van der Waals surface area contributed by atoms with Crippen LogP contribution in [0.1, 0.15) is 19.8 Å². The summed E-state index contributed by atoms with van der Waals surface area (Å²) in [6.45, 7) is 3.99. The highest BCUT2D eigenvalue weighted by Gasteiger charge is 2.08. The van der Waals surface area contributed by atoms with Gasteiger partial charge in [0.25, 0.3) is 0 Å². The highest BCUT2D eigenvalue weighted by atomic mass is 35.5. The van der Waals surface area contributed by atoms with Gasteiger partial charge in [-0.1, -0.05) is 24.9 Å². The van der Waals surface area contributed by atoms with Gasteiger partial charge in [0, 0.05) is 31.4 Å². The van der Waals surface area contributed by atoms with Crippen molar-refractivity contribution in [2.45, 2.75) is 19.8 Å². The SMILES string of the molecule is CCCCN(CCCl)c1ccncc1Cl. The molecule has 1 heterocycles. The molecular formula is C11H16Cl2N2. The lowest BCUT2D eigenvalue weighted by Gasteiger charge is -2.24. The molecule has 0 fully saturated rings. The average Bonchev–Trinajstić information content (AvgIpc) is 2.25. The van der Waals surface area contributed by atoms with Crippen molar-refractivity contribution in [2.24, 2.45) is 0 Å². The van der Waals surface area contributed by atoms with E-state index in [-0.39, 0.29) is 0 Å². The molecule has 0 radical (unpaired) electrons. The van der Waals surface area contributed by atoms with Gasteiger partial charge in [0.2, 0.25) is 0 Å². The molecule has 0 N–H and O–H groups in total. The third-order valence-electron chi connectivity index (χ3n) is 2.23. The van der Waals surface area contributed by atoms with Crippen LogP contribution in [0.5, 0.6) is 0 Å². The van der Waals surface area contributed by atoms with Crippen molar-refractivity contribution in [3.63, 3.8) is 0 Å². The number of alkyl halides is 1. The zero-order valence-corrected chi connectivity index (χ0v) is 10.4. The third-order valence-corrected chi connectivity index (χ3v) is 2.69. The Morgan fingerprint density at radius 3 is 2.80 bits per heavy atom. The molecule has 0 saturated heterocycles. The van der Waals surface area contributed by atoms with Crippen LogP contribution >= 0.6 is 23.2 Å². The second kappa shape index (κ2) is 6.91. The minimum atomic E-state index is 0.613. The lowest BCUT2D eigenvalue weighted by atomic mass is 10.3. The van der Waals surface area contributed by atoms with E-state index in [0.29, 0.717) is 10.9 Å². The smallest absolute Gasteiger partial charge is 0.0822 e. The monoisotopic (exact) mass is 246 g/mol. The van der Waals surface area contributed by atoms with Crippen LogP contribution in [0.4, 0.5) is 5.69 Å². The first-order chi connectivity index (χ1) is 7.29. The Morgan fingerprint density at radius 2 is 2.20 bits per heavy atom. The van der Waals surface area contributed by atoms with E-state index in [1.165, 1.54) is 6.42 Å². The Labute approximate surface area is 101 Å². The van der Waals surface area contributed by atoms with Crippen LogP contribution in [0.25, 0.3) is 0 Å². The molecule has 2 nitrogen and oxygen atoms in total. The summed E-state index contributed by atoms with van der Waals surface area (Å²) >= 11 is 11.9. The Morgan fingerprint density at radius 1 is 1.40 bits per heavy atom. The number of rotatable bonds is 6. The van der Waals surface area contributed by atoms with Gasteiger partial charge in [0.15, 0.2) is 0 Å². The second-order valence-electron chi connectivity index (χ2n) is 3.36. The van der Waals surface area contributed by atoms with Crippen LogP contribution in [0.2, 0.25) is 5.02 Å². The van der Waals surface area contributed by atoms with E-state index in [4.69, 9.17) is 23.2 Å². The molecule has 0 unspecified atom stereocenters. The normalized spacial score (nSPS) is 10.3. The molecule has 0 spiro atoms. The second-order valence-corrected chi connectivity index (χ2v) is 4.14. The molecule has 1 aromatic heterocycles. The largest absolute Gasteiger partial charge is 0.369 e. The standard InChI is InChI=1S/C11H16Cl2N2/c1-2-3-7-15(8-5-12)11-4-6-14-9-10(11)13/h4,6,9H,2-3,5,7-8H2,1H3. The summed E-state index contributed by atoms with van der Waals surface area (Å²) in [5, 5.41) is 0.693. The van der Waals surface area contributed by atoms with Gasteiger partial charge in [-0.05, 0) is 12.5 Å². The number of anilines is 1. The van der Waals surface area contributed by atoms with Crippen molar-refractivity contribution < 1.29 is 0 Å². The topological polar surface area (TPSA) is 16.1 Å². The molecular weight excluding hydrogens is 231 g/mol. The molecule has 0 aliphatic heterocycles. The van der Waals surface area contributed by atoms with Gasteiger partial charge >= 0.3 is 0 Å². The third kappa shape index (κ3) is 3.88. The molecule has 0 bridgehead atoms. The Kier molecular flexibility index (Phi) is 5.81. The molecule has 15 heavy (non-hydrogen) atoms. The van der Waals surface area contributed by atoms with Crippen molar-refractivity contribution in [2.75, 3.05) is 23.9 Å². The van der Waals surface area contributed by atoms with Crippen molar-refractivity contribution >= 4 is 28.9 Å². The van der Waals surface area contributed by atoms with Gasteiger partial charge in [0.1, 0.15) is 0 Å². The van der Waals surface area contributed by atoms with Gasteiger partial charge in [0.05, 0.1) is 10.7 Å². The van der Waals surface area contributed by atoms with Crippen LogP contribution < -0.4 is 4.90 Å². The number of pyridine rings is 1. The minimum absolute atomic E-state index is 0.613. The molecule has 84 valence electrons. The summed E-state index contributed by atoms with van der Waals surface area (Å²) in [6.07, 6.45) is 5.75. The van der Waals surface area contributed by atoms with Crippen molar-refractivity contribution in [3.8, 4) is 0 Å². The number of aromatic nitrogens is 1. The van der Waals surface area contributed by atoms with E-state index in [2.05, 4.69) is 16.8 Å². The fourth-order valence-corrected chi connectivity index (χ4v) is 1.87. The summed E-state index contributed by atoms with van der Waals surface area (Å²) < 4.78 is 0. The van der Waals surface area contributed by atoms with Crippen molar-refractivity contribution in [1.29, 1.82) is 0 Å². The lowest BCUT2D eigenvalue weighted by Crippen LogP contribution is -2.26. The highest BCUT2D eigenvalue weighted by molar-refractivity contribution is 6.33. The number of unbranched alkanes of at least 4 members (excludes halogenated alkanes) is 1. The number of hydrogen-bond acceptors (Lipinski definition) is 2. The van der Waals surface area contributed by atoms with E-state index < -0.39 is 0 Å². The van der Waals surface area contributed by atoms with E-state index in [9.17, 15) is 0 Å². The summed E-state index contributed by atoms with van der Waals surface area (Å²) in [4.78, 5) is 6.18. The zero-order chi connectivity index (χ0) is 11.1. The van der Waals surface area contributed by atoms with Crippen LogP contribution in [0.15, 0.2) is 18.5 Å². The van der Waals surface area contributed by atoms with Gasteiger partial charge in [-0.3, -0.25) is 4.98 Å². The minimum Gasteiger partial charge on any atom is -0.369 e. The first-order valence-corrected chi connectivity index (χ1v) is 6.11. The number of halogens is 2. The molecule has 0 atom stereocenters. The van der Waals surface area contributed by atoms with E-state index in [0.717, 1.165) is 25.2 Å². The summed E-state index contributed by atoms with van der Waals surface area (Å²) in [7, 11) is 0. The lowest BCUT2D eigenvalue weighted by molar-refractivity contribution is 0.733. The molecule has 0 amide bonds. The van der Waals surface area contributed by atoms with Gasteiger partial charge < -0.3 is 4.90 Å². The Hall–Kier alpha value is -0.470. The fourth-order valence-electron chi connectivity index (χ4n) is 1.43. The van der Waals surface area contributed by atoms with E-state index in [1.807, 2.05) is 6.07 Å². The van der Waals surface area contributed by atoms with Crippen molar-refractivity contribution in [3.05, 3.63) is 23.5 Å². The molecule has 1 rings (SSSR count). The maximum atomic E-state index is 6.09. The fraction of sp³-hybridized carbons (Fsp3) is 0.545. The maximum Gasteiger partial charge on any atom is 0.0822 e. The summed E-state index contributed by atoms with van der Waals surface area (Å²) in [5.74, 6) is 0.613. The van der Waals surface area contributed by atoms with Crippen LogP contribution in [0, 0.1) is 0 Å². The molecule has 0 saturated carbocycles. The van der Waals surface area contributed by atoms with Gasteiger partial charge in [-0.15, -0.1) is 11.6 Å². The average molecular weight is 247 g/mol. The zero-order valence-electron chi connectivity index (χ0n) is 8.92.